The SMILES string of the molecule is CCc1cc2c(N3CCN(C(=O)OC(C)(C)C)C[C@H]3C)nc(Cl)nc2s1. The van der Waals surface area contributed by atoms with Crippen molar-refractivity contribution in [2.75, 3.05) is 24.5 Å². The third kappa shape index (κ3) is 4.04. The highest BCUT2D eigenvalue weighted by Crippen LogP contribution is 2.34. The highest BCUT2D eigenvalue weighted by molar-refractivity contribution is 7.18. The van der Waals surface area contributed by atoms with Crippen molar-refractivity contribution >= 4 is 45.1 Å². The molecule has 0 aliphatic carbocycles. The van der Waals surface area contributed by atoms with Crippen molar-refractivity contribution in [3.8, 4) is 0 Å². The number of thiophene rings is 1. The van der Waals surface area contributed by atoms with Crippen molar-refractivity contribution in [2.24, 2.45) is 0 Å². The molecular weight excluding hydrogens is 372 g/mol. The smallest absolute Gasteiger partial charge is 0.410 e. The average molecular weight is 397 g/mol. The van der Waals surface area contributed by atoms with Gasteiger partial charge >= 0.3 is 6.09 Å². The first kappa shape index (κ1) is 19.2. The molecule has 3 heterocycles. The predicted molar refractivity (Wildman–Crippen MR) is 106 cm³/mol. The Morgan fingerprint density at radius 2 is 2.12 bits per heavy atom. The molecule has 1 amide bonds. The number of ether oxygens (including phenoxy) is 1. The van der Waals surface area contributed by atoms with E-state index in [0.29, 0.717) is 19.6 Å². The number of aryl methyl sites for hydroxylation is 1. The third-order valence-corrected chi connectivity index (χ3v) is 5.64. The molecule has 2 aromatic rings. The molecule has 2 aromatic heterocycles. The van der Waals surface area contributed by atoms with E-state index in [1.165, 1.54) is 4.88 Å². The minimum absolute atomic E-state index is 0.107. The number of nitrogens with zero attached hydrogens (tertiary/aromatic N) is 4. The van der Waals surface area contributed by atoms with E-state index in [9.17, 15) is 4.79 Å². The van der Waals surface area contributed by atoms with Gasteiger partial charge in [0.15, 0.2) is 0 Å². The number of halogens is 1. The van der Waals surface area contributed by atoms with Gasteiger partial charge in [-0.25, -0.2) is 9.78 Å². The molecule has 0 bridgehead atoms. The van der Waals surface area contributed by atoms with Crippen LogP contribution in [0.1, 0.15) is 39.5 Å². The largest absolute Gasteiger partial charge is 0.444 e. The molecule has 26 heavy (non-hydrogen) atoms. The lowest BCUT2D eigenvalue weighted by atomic mass is 10.1. The van der Waals surface area contributed by atoms with Gasteiger partial charge in [-0.05, 0) is 51.8 Å². The van der Waals surface area contributed by atoms with E-state index in [2.05, 4.69) is 34.8 Å². The molecule has 0 radical (unpaired) electrons. The number of rotatable bonds is 2. The second-order valence-electron chi connectivity index (χ2n) is 7.57. The first-order valence-corrected chi connectivity index (χ1v) is 10.1. The molecule has 0 N–H and O–H groups in total. The number of hydrogen-bond donors (Lipinski definition) is 0. The highest BCUT2D eigenvalue weighted by Gasteiger charge is 2.31. The van der Waals surface area contributed by atoms with E-state index in [4.69, 9.17) is 16.3 Å². The number of anilines is 1. The van der Waals surface area contributed by atoms with Gasteiger partial charge in [0, 0.05) is 30.6 Å². The molecule has 1 fully saturated rings. The summed E-state index contributed by atoms with van der Waals surface area (Å²) < 4.78 is 5.50. The molecule has 3 rings (SSSR count). The number of hydrogen-bond acceptors (Lipinski definition) is 6. The number of amides is 1. The Bertz CT molecular complexity index is 817. The molecule has 0 spiro atoms. The zero-order chi connectivity index (χ0) is 19.1. The second-order valence-corrected chi connectivity index (χ2v) is 9.02. The number of aromatic nitrogens is 2. The normalized spacial score (nSPS) is 18.5. The molecule has 0 saturated carbocycles. The maximum Gasteiger partial charge on any atom is 0.410 e. The molecule has 142 valence electrons. The molecule has 1 saturated heterocycles. The molecule has 8 heteroatoms. The molecule has 1 aliphatic heterocycles. The van der Waals surface area contributed by atoms with Crippen LogP contribution in [0.5, 0.6) is 0 Å². The Hall–Kier alpha value is -1.60. The summed E-state index contributed by atoms with van der Waals surface area (Å²) in [5, 5.41) is 1.30. The second kappa shape index (κ2) is 7.19. The maximum absolute atomic E-state index is 12.4. The molecule has 1 atom stereocenters. The van der Waals surface area contributed by atoms with Crippen LogP contribution in [0, 0.1) is 0 Å². The lowest BCUT2D eigenvalue weighted by molar-refractivity contribution is 0.0218. The Balaban J connectivity index is 1.83. The molecular formula is C18H25ClN4O2S. The van der Waals surface area contributed by atoms with E-state index in [1.807, 2.05) is 20.8 Å². The summed E-state index contributed by atoms with van der Waals surface area (Å²) in [5.41, 5.74) is -0.489. The summed E-state index contributed by atoms with van der Waals surface area (Å²) in [6.45, 7) is 11.7. The van der Waals surface area contributed by atoms with Crippen molar-refractivity contribution in [1.29, 1.82) is 0 Å². The van der Waals surface area contributed by atoms with Crippen molar-refractivity contribution in [2.45, 2.75) is 52.7 Å². The Morgan fingerprint density at radius 3 is 2.73 bits per heavy atom. The lowest BCUT2D eigenvalue weighted by Gasteiger charge is -2.41. The van der Waals surface area contributed by atoms with Crippen LogP contribution < -0.4 is 4.90 Å². The minimum atomic E-state index is -0.489. The van der Waals surface area contributed by atoms with E-state index in [0.717, 1.165) is 22.5 Å². The first-order valence-electron chi connectivity index (χ1n) is 8.88. The van der Waals surface area contributed by atoms with Crippen molar-refractivity contribution in [1.82, 2.24) is 14.9 Å². The van der Waals surface area contributed by atoms with Crippen molar-refractivity contribution < 1.29 is 9.53 Å². The van der Waals surface area contributed by atoms with E-state index in [-0.39, 0.29) is 17.4 Å². The number of piperazine rings is 1. The van der Waals surface area contributed by atoms with Gasteiger partial charge in [-0.15, -0.1) is 11.3 Å². The molecule has 1 aliphatic rings. The van der Waals surface area contributed by atoms with Gasteiger partial charge in [0.25, 0.3) is 0 Å². The van der Waals surface area contributed by atoms with E-state index < -0.39 is 5.60 Å². The van der Waals surface area contributed by atoms with Crippen LogP contribution in [-0.4, -0.2) is 52.2 Å². The summed E-state index contributed by atoms with van der Waals surface area (Å²) in [7, 11) is 0. The number of carbonyl (C=O) groups excluding carboxylic acids is 1. The van der Waals surface area contributed by atoms with Gasteiger partial charge in [0.2, 0.25) is 5.28 Å². The van der Waals surface area contributed by atoms with Crippen LogP contribution in [0.4, 0.5) is 10.6 Å². The summed E-state index contributed by atoms with van der Waals surface area (Å²) in [6, 6.07) is 2.26. The van der Waals surface area contributed by atoms with Gasteiger partial charge in [-0.3, -0.25) is 0 Å². The molecule has 0 aromatic carbocycles. The monoisotopic (exact) mass is 396 g/mol. The Labute approximate surface area is 163 Å². The van der Waals surface area contributed by atoms with E-state index in [1.54, 1.807) is 16.2 Å². The fourth-order valence-corrected chi connectivity index (χ4v) is 4.27. The van der Waals surface area contributed by atoms with Crippen LogP contribution in [0.15, 0.2) is 6.07 Å². The minimum Gasteiger partial charge on any atom is -0.444 e. The van der Waals surface area contributed by atoms with Crippen LogP contribution >= 0.6 is 22.9 Å². The van der Waals surface area contributed by atoms with Crippen LogP contribution in [-0.2, 0) is 11.2 Å². The fraction of sp³-hybridized carbons (Fsp3) is 0.611. The van der Waals surface area contributed by atoms with Gasteiger partial charge in [-0.2, -0.15) is 4.98 Å². The Morgan fingerprint density at radius 1 is 1.38 bits per heavy atom. The quantitative estimate of drug-likeness (QED) is 0.706. The fourth-order valence-electron chi connectivity index (χ4n) is 3.09. The first-order chi connectivity index (χ1) is 12.2. The van der Waals surface area contributed by atoms with E-state index >= 15 is 0 Å². The van der Waals surface area contributed by atoms with Gasteiger partial charge < -0.3 is 14.5 Å². The van der Waals surface area contributed by atoms with Gasteiger partial charge in [0.05, 0.1) is 5.39 Å². The molecule has 0 unspecified atom stereocenters. The summed E-state index contributed by atoms with van der Waals surface area (Å²) in [4.78, 5) is 27.4. The van der Waals surface area contributed by atoms with Gasteiger partial charge in [0.1, 0.15) is 16.2 Å². The zero-order valence-corrected chi connectivity index (χ0v) is 17.4. The predicted octanol–water partition coefficient (Wildman–Crippen LogP) is 4.35. The highest BCUT2D eigenvalue weighted by atomic mass is 35.5. The third-order valence-electron chi connectivity index (χ3n) is 4.30. The average Bonchev–Trinajstić information content (AvgIpc) is 2.95. The Kier molecular flexibility index (Phi) is 5.30. The van der Waals surface area contributed by atoms with Crippen LogP contribution in [0.3, 0.4) is 0 Å². The van der Waals surface area contributed by atoms with Crippen LogP contribution in [0.2, 0.25) is 5.28 Å². The number of carbonyl (C=O) groups is 1. The summed E-state index contributed by atoms with van der Waals surface area (Å²) in [6.07, 6.45) is 0.693. The van der Waals surface area contributed by atoms with Crippen molar-refractivity contribution in [3.05, 3.63) is 16.2 Å². The maximum atomic E-state index is 12.4. The molecule has 6 nitrogen and oxygen atoms in total. The topological polar surface area (TPSA) is 58.6 Å². The summed E-state index contributed by atoms with van der Waals surface area (Å²) in [5.74, 6) is 0.854. The standard InChI is InChI=1S/C18H25ClN4O2S/c1-6-12-9-13-14(20-16(19)21-15(13)26-12)23-8-7-22(10-11(23)2)17(24)25-18(3,4)5/h9,11H,6-8,10H2,1-5H3/t11-/m1/s1. The number of fused-ring (bicyclic) bond motifs is 1. The lowest BCUT2D eigenvalue weighted by Crippen LogP contribution is -2.54. The van der Waals surface area contributed by atoms with Gasteiger partial charge in [-0.1, -0.05) is 6.92 Å². The summed E-state index contributed by atoms with van der Waals surface area (Å²) >= 11 is 7.82. The van der Waals surface area contributed by atoms with Crippen LogP contribution in [0.25, 0.3) is 10.2 Å². The van der Waals surface area contributed by atoms with Crippen molar-refractivity contribution in [3.63, 3.8) is 0 Å². The zero-order valence-electron chi connectivity index (χ0n) is 15.9.